The van der Waals surface area contributed by atoms with E-state index in [9.17, 15) is 0 Å². The molecule has 1 heterocycles. The van der Waals surface area contributed by atoms with Gasteiger partial charge in [-0.1, -0.05) is 36.8 Å². The van der Waals surface area contributed by atoms with Crippen molar-refractivity contribution >= 4 is 0 Å². The molecule has 1 N–H and O–H groups in total. The number of imidazole rings is 1. The first-order valence-corrected chi connectivity index (χ1v) is 6.99. The van der Waals surface area contributed by atoms with Crippen LogP contribution in [0, 0.1) is 6.92 Å². The zero-order chi connectivity index (χ0) is 13.7. The Balaban J connectivity index is 1.94. The van der Waals surface area contributed by atoms with Crippen LogP contribution in [0.1, 0.15) is 43.1 Å². The van der Waals surface area contributed by atoms with Gasteiger partial charge in [-0.25, -0.2) is 4.98 Å². The summed E-state index contributed by atoms with van der Waals surface area (Å²) in [5, 5.41) is 3.56. The zero-order valence-corrected chi connectivity index (χ0v) is 12.1. The van der Waals surface area contributed by atoms with Crippen LogP contribution in [0.3, 0.4) is 0 Å². The highest BCUT2D eigenvalue weighted by Gasteiger charge is 2.06. The highest BCUT2D eigenvalue weighted by molar-refractivity contribution is 5.23. The van der Waals surface area contributed by atoms with Gasteiger partial charge < -0.3 is 9.88 Å². The van der Waals surface area contributed by atoms with Crippen LogP contribution in [0.15, 0.2) is 36.8 Å². The molecule has 1 aromatic heterocycles. The molecule has 0 radical (unpaired) electrons. The summed E-state index contributed by atoms with van der Waals surface area (Å²) in [4.78, 5) is 4.23. The zero-order valence-electron chi connectivity index (χ0n) is 12.1. The molecule has 0 saturated carbocycles. The summed E-state index contributed by atoms with van der Waals surface area (Å²) in [6.45, 7) is 8.40. The maximum atomic E-state index is 4.23. The first-order valence-electron chi connectivity index (χ1n) is 6.99. The molecule has 1 aromatic carbocycles. The molecule has 3 nitrogen and oxygen atoms in total. The van der Waals surface area contributed by atoms with E-state index in [-0.39, 0.29) is 0 Å². The monoisotopic (exact) mass is 257 g/mol. The lowest BCUT2D eigenvalue weighted by molar-refractivity contribution is 0.541. The van der Waals surface area contributed by atoms with Gasteiger partial charge in [-0.2, -0.15) is 0 Å². The van der Waals surface area contributed by atoms with Crippen LogP contribution >= 0.6 is 0 Å². The number of hydrogen-bond acceptors (Lipinski definition) is 2. The molecule has 3 heteroatoms. The summed E-state index contributed by atoms with van der Waals surface area (Å²) in [6, 6.07) is 9.06. The lowest BCUT2D eigenvalue weighted by Gasteiger charge is -2.15. The molecule has 19 heavy (non-hydrogen) atoms. The van der Waals surface area contributed by atoms with Crippen molar-refractivity contribution < 1.29 is 0 Å². The van der Waals surface area contributed by atoms with Gasteiger partial charge in [-0.3, -0.25) is 0 Å². The SMILES string of the molecule is CCCn1cncc1CN[C@H](C)c1ccc(C)cc1. The van der Waals surface area contributed by atoms with E-state index < -0.39 is 0 Å². The number of aromatic nitrogens is 2. The van der Waals surface area contributed by atoms with Crippen LogP contribution < -0.4 is 5.32 Å². The molecule has 2 rings (SSSR count). The molecule has 102 valence electrons. The Morgan fingerprint density at radius 3 is 2.68 bits per heavy atom. The van der Waals surface area contributed by atoms with Crippen molar-refractivity contribution in [2.24, 2.45) is 0 Å². The Kier molecular flexibility index (Phi) is 4.74. The van der Waals surface area contributed by atoms with Gasteiger partial charge in [-0.15, -0.1) is 0 Å². The maximum absolute atomic E-state index is 4.23. The Bertz CT molecular complexity index is 499. The van der Waals surface area contributed by atoms with Crippen molar-refractivity contribution in [1.82, 2.24) is 14.9 Å². The highest BCUT2D eigenvalue weighted by atomic mass is 15.1. The molecule has 0 aliphatic carbocycles. The summed E-state index contributed by atoms with van der Waals surface area (Å²) >= 11 is 0. The Hall–Kier alpha value is -1.61. The molecule has 0 unspecified atom stereocenters. The van der Waals surface area contributed by atoms with Gasteiger partial charge in [-0.05, 0) is 25.8 Å². The Morgan fingerprint density at radius 1 is 1.26 bits per heavy atom. The summed E-state index contributed by atoms with van der Waals surface area (Å²) in [5.74, 6) is 0. The minimum absolute atomic E-state index is 0.352. The van der Waals surface area contributed by atoms with E-state index in [4.69, 9.17) is 0 Å². The van der Waals surface area contributed by atoms with Gasteiger partial charge >= 0.3 is 0 Å². The molecule has 0 aliphatic rings. The van der Waals surface area contributed by atoms with E-state index in [1.54, 1.807) is 0 Å². The second kappa shape index (κ2) is 6.53. The minimum atomic E-state index is 0.352. The van der Waals surface area contributed by atoms with E-state index in [1.165, 1.54) is 16.8 Å². The molecule has 2 aromatic rings. The van der Waals surface area contributed by atoms with Crippen LogP contribution in [0.5, 0.6) is 0 Å². The second-order valence-electron chi connectivity index (χ2n) is 5.09. The van der Waals surface area contributed by atoms with Crippen molar-refractivity contribution in [3.8, 4) is 0 Å². The molecule has 0 fully saturated rings. The quantitative estimate of drug-likeness (QED) is 0.859. The Morgan fingerprint density at radius 2 is 2.00 bits per heavy atom. The number of nitrogens with one attached hydrogen (secondary N) is 1. The third kappa shape index (κ3) is 3.67. The standard InChI is InChI=1S/C16H23N3/c1-4-9-19-12-17-10-16(19)11-18-14(3)15-7-5-13(2)6-8-15/h5-8,10,12,14,18H,4,9,11H2,1-3H3/t14-/m1/s1. The molecule has 1 atom stereocenters. The molecular weight excluding hydrogens is 234 g/mol. The van der Waals surface area contributed by atoms with E-state index in [1.807, 2.05) is 12.5 Å². The third-order valence-electron chi connectivity index (χ3n) is 3.43. The maximum Gasteiger partial charge on any atom is 0.0948 e. The predicted octanol–water partition coefficient (Wildman–Crippen LogP) is 3.45. The number of hydrogen-bond donors (Lipinski definition) is 1. The average molecular weight is 257 g/mol. The smallest absolute Gasteiger partial charge is 0.0948 e. The van der Waals surface area contributed by atoms with E-state index in [0.29, 0.717) is 6.04 Å². The fourth-order valence-electron chi connectivity index (χ4n) is 2.17. The van der Waals surface area contributed by atoms with Crippen LogP contribution in [0.2, 0.25) is 0 Å². The van der Waals surface area contributed by atoms with E-state index >= 15 is 0 Å². The molecule has 0 amide bonds. The highest BCUT2D eigenvalue weighted by Crippen LogP contribution is 2.14. The van der Waals surface area contributed by atoms with Gasteiger partial charge in [0, 0.05) is 25.3 Å². The number of nitrogens with zero attached hydrogens (tertiary/aromatic N) is 2. The first-order chi connectivity index (χ1) is 9.20. The summed E-state index contributed by atoms with van der Waals surface area (Å²) < 4.78 is 2.22. The number of benzene rings is 1. The second-order valence-corrected chi connectivity index (χ2v) is 5.09. The van der Waals surface area contributed by atoms with E-state index in [2.05, 4.69) is 59.9 Å². The van der Waals surface area contributed by atoms with Crippen LogP contribution in [0.25, 0.3) is 0 Å². The van der Waals surface area contributed by atoms with Gasteiger partial charge in [0.1, 0.15) is 0 Å². The lowest BCUT2D eigenvalue weighted by atomic mass is 10.1. The normalized spacial score (nSPS) is 12.6. The van der Waals surface area contributed by atoms with E-state index in [0.717, 1.165) is 19.5 Å². The van der Waals surface area contributed by atoms with Crippen LogP contribution in [-0.2, 0) is 13.1 Å². The largest absolute Gasteiger partial charge is 0.333 e. The van der Waals surface area contributed by atoms with Crippen molar-refractivity contribution in [3.63, 3.8) is 0 Å². The first kappa shape index (κ1) is 13.8. The van der Waals surface area contributed by atoms with Gasteiger partial charge in [0.2, 0.25) is 0 Å². The van der Waals surface area contributed by atoms with Crippen molar-refractivity contribution in [2.75, 3.05) is 0 Å². The number of rotatable bonds is 6. The van der Waals surface area contributed by atoms with Gasteiger partial charge in [0.05, 0.1) is 12.0 Å². The Labute approximate surface area is 115 Å². The van der Waals surface area contributed by atoms with Crippen molar-refractivity contribution in [3.05, 3.63) is 53.6 Å². The molecule has 0 spiro atoms. The topological polar surface area (TPSA) is 29.9 Å². The minimum Gasteiger partial charge on any atom is -0.333 e. The van der Waals surface area contributed by atoms with Crippen LogP contribution in [0.4, 0.5) is 0 Å². The van der Waals surface area contributed by atoms with Crippen molar-refractivity contribution in [2.45, 2.75) is 46.3 Å². The fraction of sp³-hybridized carbons (Fsp3) is 0.438. The molecule has 0 aliphatic heterocycles. The molecule has 0 bridgehead atoms. The molecular formula is C16H23N3. The van der Waals surface area contributed by atoms with Crippen molar-refractivity contribution in [1.29, 1.82) is 0 Å². The summed E-state index contributed by atoms with van der Waals surface area (Å²) in [6.07, 6.45) is 5.00. The average Bonchev–Trinajstić information content (AvgIpc) is 2.85. The van der Waals surface area contributed by atoms with Gasteiger partial charge in [0.15, 0.2) is 0 Å². The third-order valence-corrected chi connectivity index (χ3v) is 3.43. The predicted molar refractivity (Wildman–Crippen MR) is 79.0 cm³/mol. The summed E-state index contributed by atoms with van der Waals surface area (Å²) in [7, 11) is 0. The fourth-order valence-corrected chi connectivity index (χ4v) is 2.17. The summed E-state index contributed by atoms with van der Waals surface area (Å²) in [5.41, 5.74) is 3.88. The lowest BCUT2D eigenvalue weighted by Crippen LogP contribution is -2.20. The molecule has 0 saturated heterocycles. The van der Waals surface area contributed by atoms with Crippen LogP contribution in [-0.4, -0.2) is 9.55 Å². The number of aryl methyl sites for hydroxylation is 2. The van der Waals surface area contributed by atoms with Gasteiger partial charge in [0.25, 0.3) is 0 Å².